The SMILES string of the molecule is CC(Sc1n[nH]c(=O)n1CCc1ccccc1)C(=O)NCC1CCCCC1. The van der Waals surface area contributed by atoms with Gasteiger partial charge in [0, 0.05) is 13.1 Å². The quantitative estimate of drug-likeness (QED) is 0.682. The summed E-state index contributed by atoms with van der Waals surface area (Å²) >= 11 is 1.33. The van der Waals surface area contributed by atoms with Gasteiger partial charge in [-0.1, -0.05) is 61.4 Å². The van der Waals surface area contributed by atoms with Crippen LogP contribution in [0.4, 0.5) is 0 Å². The van der Waals surface area contributed by atoms with E-state index < -0.39 is 0 Å². The lowest BCUT2D eigenvalue weighted by molar-refractivity contribution is -0.120. The second-order valence-corrected chi connectivity index (χ2v) is 8.52. The minimum absolute atomic E-state index is 0.00984. The summed E-state index contributed by atoms with van der Waals surface area (Å²) in [6.45, 7) is 3.16. The number of rotatable bonds is 8. The largest absolute Gasteiger partial charge is 0.355 e. The van der Waals surface area contributed by atoms with Crippen LogP contribution in [0.5, 0.6) is 0 Å². The molecule has 7 heteroatoms. The molecule has 1 amide bonds. The van der Waals surface area contributed by atoms with Crippen LogP contribution < -0.4 is 11.0 Å². The van der Waals surface area contributed by atoms with Gasteiger partial charge in [0.15, 0.2) is 5.16 Å². The Balaban J connectivity index is 1.53. The number of amides is 1. The molecule has 1 fully saturated rings. The van der Waals surface area contributed by atoms with Crippen molar-refractivity contribution in [3.63, 3.8) is 0 Å². The third-order valence-electron chi connectivity index (χ3n) is 5.13. The maximum Gasteiger partial charge on any atom is 0.343 e. The van der Waals surface area contributed by atoms with Crippen molar-refractivity contribution < 1.29 is 4.79 Å². The normalized spacial score (nSPS) is 16.2. The van der Waals surface area contributed by atoms with Crippen molar-refractivity contribution in [3.05, 3.63) is 46.4 Å². The Hall–Kier alpha value is -2.02. The van der Waals surface area contributed by atoms with Gasteiger partial charge in [0.25, 0.3) is 0 Å². The van der Waals surface area contributed by atoms with Gasteiger partial charge in [-0.2, -0.15) is 0 Å². The van der Waals surface area contributed by atoms with Crippen LogP contribution in [-0.2, 0) is 17.8 Å². The van der Waals surface area contributed by atoms with E-state index >= 15 is 0 Å². The van der Waals surface area contributed by atoms with Gasteiger partial charge in [0.1, 0.15) is 0 Å². The molecule has 0 spiro atoms. The first-order chi connectivity index (χ1) is 13.1. The molecule has 2 N–H and O–H groups in total. The third kappa shape index (κ3) is 5.73. The minimum Gasteiger partial charge on any atom is -0.355 e. The van der Waals surface area contributed by atoms with Crippen LogP contribution in [0.15, 0.2) is 40.3 Å². The number of aromatic nitrogens is 3. The van der Waals surface area contributed by atoms with E-state index in [1.807, 2.05) is 37.3 Å². The molecule has 1 atom stereocenters. The number of hydrogen-bond donors (Lipinski definition) is 2. The average Bonchev–Trinajstić information content (AvgIpc) is 3.05. The maximum absolute atomic E-state index is 12.4. The van der Waals surface area contributed by atoms with Crippen LogP contribution in [0, 0.1) is 5.92 Å². The highest BCUT2D eigenvalue weighted by Gasteiger charge is 2.20. The Morgan fingerprint density at radius 2 is 2.04 bits per heavy atom. The van der Waals surface area contributed by atoms with Gasteiger partial charge in [-0.15, -0.1) is 5.10 Å². The molecule has 0 aliphatic heterocycles. The van der Waals surface area contributed by atoms with Gasteiger partial charge in [0.2, 0.25) is 5.91 Å². The van der Waals surface area contributed by atoms with Gasteiger partial charge in [0.05, 0.1) is 5.25 Å². The number of aryl methyl sites for hydroxylation is 1. The molecule has 2 aromatic rings. The van der Waals surface area contributed by atoms with Crippen LogP contribution in [0.1, 0.15) is 44.6 Å². The lowest BCUT2D eigenvalue weighted by Crippen LogP contribution is -2.35. The molecule has 1 unspecified atom stereocenters. The first kappa shape index (κ1) is 19.7. The second-order valence-electron chi connectivity index (χ2n) is 7.21. The topological polar surface area (TPSA) is 79.8 Å². The van der Waals surface area contributed by atoms with E-state index in [2.05, 4.69) is 15.5 Å². The first-order valence-electron chi connectivity index (χ1n) is 9.77. The van der Waals surface area contributed by atoms with Crippen molar-refractivity contribution in [1.82, 2.24) is 20.1 Å². The molecule has 27 heavy (non-hydrogen) atoms. The molecular weight excluding hydrogens is 360 g/mol. The van der Waals surface area contributed by atoms with Gasteiger partial charge in [-0.3, -0.25) is 9.36 Å². The number of thioether (sulfide) groups is 1. The van der Waals surface area contributed by atoms with E-state index in [1.165, 1.54) is 49.4 Å². The van der Waals surface area contributed by atoms with Gasteiger partial charge < -0.3 is 5.32 Å². The summed E-state index contributed by atoms with van der Waals surface area (Å²) in [6.07, 6.45) is 7.02. The number of nitrogens with one attached hydrogen (secondary N) is 2. The predicted octanol–water partition coefficient (Wildman–Crippen LogP) is 2.99. The standard InChI is InChI=1S/C20H28N4O2S/c1-15(18(25)21-14-17-10-6-3-7-11-17)27-20-23-22-19(26)24(20)13-12-16-8-4-2-5-9-16/h2,4-5,8-9,15,17H,3,6-7,10-14H2,1H3,(H,21,25)(H,22,26). The zero-order valence-corrected chi connectivity index (χ0v) is 16.6. The zero-order valence-electron chi connectivity index (χ0n) is 15.8. The number of carbonyl (C=O) groups excluding carboxylic acids is 1. The number of H-pyrrole nitrogens is 1. The van der Waals surface area contributed by atoms with E-state index in [4.69, 9.17) is 0 Å². The van der Waals surface area contributed by atoms with Crippen molar-refractivity contribution >= 4 is 17.7 Å². The second kappa shape index (κ2) is 9.78. The molecule has 3 rings (SSSR count). The van der Waals surface area contributed by atoms with Crippen molar-refractivity contribution in [1.29, 1.82) is 0 Å². The van der Waals surface area contributed by atoms with Crippen LogP contribution in [0.25, 0.3) is 0 Å². The highest BCUT2D eigenvalue weighted by Crippen LogP contribution is 2.24. The van der Waals surface area contributed by atoms with E-state index in [-0.39, 0.29) is 16.8 Å². The Morgan fingerprint density at radius 3 is 2.78 bits per heavy atom. The molecule has 146 valence electrons. The molecule has 1 aromatic carbocycles. The van der Waals surface area contributed by atoms with Crippen molar-refractivity contribution in [2.75, 3.05) is 6.54 Å². The summed E-state index contributed by atoms with van der Waals surface area (Å²) in [5.41, 5.74) is 0.933. The zero-order chi connectivity index (χ0) is 19.1. The fraction of sp³-hybridized carbons (Fsp3) is 0.550. The van der Waals surface area contributed by atoms with E-state index in [1.54, 1.807) is 4.57 Å². The summed E-state index contributed by atoms with van der Waals surface area (Å²) in [5.74, 6) is 0.616. The molecule has 6 nitrogen and oxygen atoms in total. The summed E-state index contributed by atoms with van der Waals surface area (Å²) in [5, 5.41) is 9.96. The average molecular weight is 389 g/mol. The van der Waals surface area contributed by atoms with Crippen LogP contribution in [0.3, 0.4) is 0 Å². The van der Waals surface area contributed by atoms with Crippen LogP contribution in [0.2, 0.25) is 0 Å². The van der Waals surface area contributed by atoms with Gasteiger partial charge >= 0.3 is 5.69 Å². The molecule has 1 aliphatic rings. The van der Waals surface area contributed by atoms with E-state index in [9.17, 15) is 9.59 Å². The van der Waals surface area contributed by atoms with Gasteiger partial charge in [-0.05, 0) is 37.7 Å². The number of nitrogens with zero attached hydrogens (tertiary/aromatic N) is 2. The third-order valence-corrected chi connectivity index (χ3v) is 6.22. The Labute approximate surface area is 164 Å². The Morgan fingerprint density at radius 1 is 1.30 bits per heavy atom. The van der Waals surface area contributed by atoms with E-state index in [0.29, 0.717) is 17.6 Å². The molecule has 0 bridgehead atoms. The molecule has 0 saturated heterocycles. The molecule has 1 saturated carbocycles. The summed E-state index contributed by atoms with van der Waals surface area (Å²) < 4.78 is 1.61. The Kier molecular flexibility index (Phi) is 7.15. The van der Waals surface area contributed by atoms with Gasteiger partial charge in [-0.25, -0.2) is 9.89 Å². The Bertz CT molecular complexity index is 781. The van der Waals surface area contributed by atoms with Crippen molar-refractivity contribution in [2.45, 2.75) is 62.4 Å². The fourth-order valence-corrected chi connectivity index (χ4v) is 4.37. The highest BCUT2D eigenvalue weighted by molar-refractivity contribution is 8.00. The summed E-state index contributed by atoms with van der Waals surface area (Å²) in [4.78, 5) is 24.5. The lowest BCUT2D eigenvalue weighted by Gasteiger charge is -2.22. The predicted molar refractivity (Wildman–Crippen MR) is 108 cm³/mol. The number of carbonyl (C=O) groups is 1. The molecular formula is C20H28N4O2S. The number of aromatic amines is 1. The van der Waals surface area contributed by atoms with E-state index in [0.717, 1.165) is 13.0 Å². The molecule has 1 aromatic heterocycles. The molecule has 0 radical (unpaired) electrons. The van der Waals surface area contributed by atoms with Crippen molar-refractivity contribution in [3.8, 4) is 0 Å². The summed E-state index contributed by atoms with van der Waals surface area (Å²) in [7, 11) is 0. The lowest BCUT2D eigenvalue weighted by atomic mass is 9.89. The summed E-state index contributed by atoms with van der Waals surface area (Å²) in [6, 6.07) is 10.0. The molecule has 1 aliphatic carbocycles. The number of hydrogen-bond acceptors (Lipinski definition) is 4. The molecule has 1 heterocycles. The monoisotopic (exact) mass is 388 g/mol. The highest BCUT2D eigenvalue weighted by atomic mass is 32.2. The van der Waals surface area contributed by atoms with Crippen LogP contribution in [-0.4, -0.2) is 32.5 Å². The minimum atomic E-state index is -0.292. The smallest absolute Gasteiger partial charge is 0.343 e. The first-order valence-corrected chi connectivity index (χ1v) is 10.6. The van der Waals surface area contributed by atoms with Crippen molar-refractivity contribution in [2.24, 2.45) is 5.92 Å². The van der Waals surface area contributed by atoms with Crippen LogP contribution >= 0.6 is 11.8 Å². The maximum atomic E-state index is 12.4. The fourth-order valence-electron chi connectivity index (χ4n) is 3.47. The number of benzene rings is 1.